The van der Waals surface area contributed by atoms with E-state index in [1.165, 1.54) is 16.6 Å². The molecule has 3 aromatic heterocycles. The van der Waals surface area contributed by atoms with Crippen molar-refractivity contribution in [2.24, 2.45) is 7.05 Å². The van der Waals surface area contributed by atoms with E-state index in [1.54, 1.807) is 18.2 Å². The Labute approximate surface area is 190 Å². The molecule has 2 N–H and O–H groups in total. The van der Waals surface area contributed by atoms with Crippen molar-refractivity contribution < 1.29 is 8.42 Å². The Morgan fingerprint density at radius 2 is 1.88 bits per heavy atom. The summed E-state index contributed by atoms with van der Waals surface area (Å²) in [6, 6.07) is 15.8. The highest BCUT2D eigenvalue weighted by atomic mass is 35.5. The molecule has 0 atom stereocenters. The largest absolute Gasteiger partial charge is 0.384 e. The van der Waals surface area contributed by atoms with E-state index in [0.717, 1.165) is 16.5 Å². The van der Waals surface area contributed by atoms with E-state index in [2.05, 4.69) is 5.10 Å². The van der Waals surface area contributed by atoms with Gasteiger partial charge < -0.3 is 10.3 Å². The van der Waals surface area contributed by atoms with Gasteiger partial charge in [0.25, 0.3) is 0 Å². The van der Waals surface area contributed by atoms with Crippen molar-refractivity contribution in [3.05, 3.63) is 71.5 Å². The monoisotopic (exact) mass is 465 g/mol. The quantitative estimate of drug-likeness (QED) is 0.421. The Hall–Kier alpha value is -3.36. The number of hydrogen-bond donors (Lipinski definition) is 1. The van der Waals surface area contributed by atoms with Crippen LogP contribution in [0.2, 0.25) is 5.02 Å². The number of benzene rings is 2. The Kier molecular flexibility index (Phi) is 4.72. The first-order chi connectivity index (χ1) is 15.3. The van der Waals surface area contributed by atoms with Crippen LogP contribution in [0.15, 0.2) is 70.6 Å². The molecule has 0 saturated heterocycles. The van der Waals surface area contributed by atoms with Crippen LogP contribution in [0.25, 0.3) is 27.8 Å². The van der Waals surface area contributed by atoms with Gasteiger partial charge in [0, 0.05) is 40.8 Å². The first-order valence-corrected chi connectivity index (χ1v) is 11.9. The summed E-state index contributed by atoms with van der Waals surface area (Å²) in [7, 11) is -1.98. The van der Waals surface area contributed by atoms with Crippen molar-refractivity contribution in [1.82, 2.24) is 19.2 Å². The summed E-state index contributed by atoms with van der Waals surface area (Å²) in [4.78, 5) is 4.89. The molecule has 0 aliphatic rings. The fourth-order valence-corrected chi connectivity index (χ4v) is 5.91. The summed E-state index contributed by atoms with van der Waals surface area (Å²) < 4.78 is 30.6. The van der Waals surface area contributed by atoms with Gasteiger partial charge in [0.05, 0.1) is 16.3 Å². The molecule has 32 heavy (non-hydrogen) atoms. The summed E-state index contributed by atoms with van der Waals surface area (Å²) >= 11 is 6.07. The Morgan fingerprint density at radius 1 is 1.09 bits per heavy atom. The van der Waals surface area contributed by atoms with E-state index in [0.29, 0.717) is 28.6 Å². The van der Waals surface area contributed by atoms with Gasteiger partial charge in [0.1, 0.15) is 10.7 Å². The zero-order chi connectivity index (χ0) is 22.6. The molecule has 2 aromatic carbocycles. The lowest BCUT2D eigenvalue weighted by molar-refractivity contribution is 0.595. The van der Waals surface area contributed by atoms with E-state index >= 15 is 0 Å². The van der Waals surface area contributed by atoms with Crippen LogP contribution in [0, 0.1) is 0 Å². The standard InChI is InChI=1S/C23H20ClN5O2S/c1-3-18-22(32(30,31)15-8-6-7-14(24)11-15)23-26-19(12-21(25)29(23)27-18)17-13-28(2)20-10-5-4-9-16(17)20/h4-13H,3,25H2,1-2H3. The molecule has 9 heteroatoms. The van der Waals surface area contributed by atoms with Gasteiger partial charge in [0.15, 0.2) is 5.65 Å². The van der Waals surface area contributed by atoms with Gasteiger partial charge >= 0.3 is 0 Å². The first-order valence-electron chi connectivity index (χ1n) is 10.0. The predicted octanol–water partition coefficient (Wildman–Crippen LogP) is 4.52. The molecule has 162 valence electrons. The van der Waals surface area contributed by atoms with E-state index < -0.39 is 9.84 Å². The van der Waals surface area contributed by atoms with E-state index in [1.807, 2.05) is 49.0 Å². The number of para-hydroxylation sites is 1. The molecule has 0 radical (unpaired) electrons. The lowest BCUT2D eigenvalue weighted by Crippen LogP contribution is -2.06. The van der Waals surface area contributed by atoms with Gasteiger partial charge in [-0.15, -0.1) is 0 Å². The maximum Gasteiger partial charge on any atom is 0.212 e. The predicted molar refractivity (Wildman–Crippen MR) is 126 cm³/mol. The van der Waals surface area contributed by atoms with Gasteiger partial charge in [-0.1, -0.05) is 42.8 Å². The lowest BCUT2D eigenvalue weighted by Gasteiger charge is -2.07. The molecule has 3 heterocycles. The number of aryl methyl sites for hydroxylation is 2. The van der Waals surface area contributed by atoms with Crippen LogP contribution in [0.4, 0.5) is 5.82 Å². The van der Waals surface area contributed by atoms with Crippen LogP contribution in [0.3, 0.4) is 0 Å². The van der Waals surface area contributed by atoms with Crippen molar-refractivity contribution in [1.29, 1.82) is 0 Å². The van der Waals surface area contributed by atoms with Crippen molar-refractivity contribution in [3.8, 4) is 11.3 Å². The van der Waals surface area contributed by atoms with Crippen LogP contribution in [0.1, 0.15) is 12.6 Å². The van der Waals surface area contributed by atoms with E-state index in [-0.39, 0.29) is 15.4 Å². The van der Waals surface area contributed by atoms with Crippen molar-refractivity contribution >= 4 is 43.8 Å². The minimum absolute atomic E-state index is 0.0519. The average molecular weight is 466 g/mol. The molecular formula is C23H20ClN5O2S. The zero-order valence-corrected chi connectivity index (χ0v) is 19.0. The summed E-state index contributed by atoms with van der Waals surface area (Å²) in [5.74, 6) is 0.306. The van der Waals surface area contributed by atoms with Crippen molar-refractivity contribution in [3.63, 3.8) is 0 Å². The fourth-order valence-electron chi connectivity index (χ4n) is 4.01. The molecule has 0 aliphatic carbocycles. The SMILES string of the molecule is CCc1nn2c(N)cc(-c3cn(C)c4ccccc34)nc2c1S(=O)(=O)c1cccc(Cl)c1. The highest BCUT2D eigenvalue weighted by Crippen LogP contribution is 2.34. The molecule has 5 aromatic rings. The Balaban J connectivity index is 1.82. The average Bonchev–Trinajstić information content (AvgIpc) is 3.32. The molecule has 0 unspecified atom stereocenters. The van der Waals surface area contributed by atoms with Gasteiger partial charge in [-0.3, -0.25) is 0 Å². The molecule has 0 bridgehead atoms. The number of halogens is 1. The number of rotatable bonds is 4. The number of nitrogens with two attached hydrogens (primary N) is 1. The molecule has 0 fully saturated rings. The van der Waals surface area contributed by atoms with Crippen LogP contribution in [0.5, 0.6) is 0 Å². The van der Waals surface area contributed by atoms with Crippen molar-refractivity contribution in [2.75, 3.05) is 5.73 Å². The van der Waals surface area contributed by atoms with Gasteiger partial charge in [-0.2, -0.15) is 9.61 Å². The van der Waals surface area contributed by atoms with Gasteiger partial charge in [-0.25, -0.2) is 13.4 Å². The molecule has 0 spiro atoms. The fraction of sp³-hybridized carbons (Fsp3) is 0.130. The normalized spacial score (nSPS) is 12.1. The number of hydrogen-bond acceptors (Lipinski definition) is 5. The van der Waals surface area contributed by atoms with Crippen LogP contribution < -0.4 is 5.73 Å². The molecule has 0 saturated carbocycles. The van der Waals surface area contributed by atoms with Crippen LogP contribution in [-0.2, 0) is 23.3 Å². The number of fused-ring (bicyclic) bond motifs is 2. The number of nitrogens with zero attached hydrogens (tertiary/aromatic N) is 4. The minimum Gasteiger partial charge on any atom is -0.384 e. The Morgan fingerprint density at radius 3 is 2.62 bits per heavy atom. The smallest absolute Gasteiger partial charge is 0.212 e. The van der Waals surface area contributed by atoms with Crippen molar-refractivity contribution in [2.45, 2.75) is 23.1 Å². The number of aromatic nitrogens is 4. The third kappa shape index (κ3) is 3.06. The highest BCUT2D eigenvalue weighted by molar-refractivity contribution is 7.91. The second-order valence-electron chi connectivity index (χ2n) is 7.56. The van der Waals surface area contributed by atoms with E-state index in [4.69, 9.17) is 22.3 Å². The molecule has 5 rings (SSSR count). The number of nitrogen functional groups attached to an aromatic ring is 1. The summed E-state index contributed by atoms with van der Waals surface area (Å²) in [6.45, 7) is 1.85. The number of sulfone groups is 1. The second-order valence-corrected chi connectivity index (χ2v) is 9.89. The van der Waals surface area contributed by atoms with Gasteiger partial charge in [-0.05, 0) is 30.7 Å². The zero-order valence-electron chi connectivity index (χ0n) is 17.4. The lowest BCUT2D eigenvalue weighted by atomic mass is 10.1. The molecule has 0 amide bonds. The third-order valence-corrected chi connectivity index (χ3v) is 7.59. The second kappa shape index (κ2) is 7.36. The van der Waals surface area contributed by atoms with Gasteiger partial charge in [0.2, 0.25) is 9.84 Å². The maximum atomic E-state index is 13.6. The Bertz CT molecular complexity index is 1620. The molecule has 0 aliphatic heterocycles. The maximum absolute atomic E-state index is 13.6. The summed E-state index contributed by atoms with van der Waals surface area (Å²) in [5.41, 5.74) is 9.41. The topological polar surface area (TPSA) is 95.3 Å². The van der Waals surface area contributed by atoms with E-state index in [9.17, 15) is 8.42 Å². The summed E-state index contributed by atoms with van der Waals surface area (Å²) in [6.07, 6.45) is 2.37. The van der Waals surface area contributed by atoms with Crippen LogP contribution in [-0.4, -0.2) is 27.6 Å². The minimum atomic E-state index is -3.93. The number of anilines is 1. The van der Waals surface area contributed by atoms with Crippen LogP contribution >= 0.6 is 11.6 Å². The summed E-state index contributed by atoms with van der Waals surface area (Å²) in [5, 5.41) is 5.80. The first kappa shape index (κ1) is 20.5. The third-order valence-electron chi connectivity index (χ3n) is 5.52. The molecule has 7 nitrogen and oxygen atoms in total. The highest BCUT2D eigenvalue weighted by Gasteiger charge is 2.29. The molecular weight excluding hydrogens is 446 g/mol.